The number of anilines is 1. The maximum Gasteiger partial charge on any atom is 0.238 e. The van der Waals surface area contributed by atoms with Gasteiger partial charge >= 0.3 is 0 Å². The Hall–Kier alpha value is -1.75. The number of nitrogens with one attached hydrogen (secondary N) is 1. The van der Waals surface area contributed by atoms with Crippen LogP contribution < -0.4 is 14.8 Å². The first-order valence-electron chi connectivity index (χ1n) is 7.76. The van der Waals surface area contributed by atoms with E-state index in [1.165, 1.54) is 6.42 Å². The Morgan fingerprint density at radius 1 is 1.23 bits per heavy atom. The third-order valence-electron chi connectivity index (χ3n) is 3.99. The van der Waals surface area contributed by atoms with Gasteiger partial charge in [-0.1, -0.05) is 13.8 Å². The molecule has 1 fully saturated rings. The Kier molecular flexibility index (Phi) is 5.66. The predicted octanol–water partition coefficient (Wildman–Crippen LogP) is 2.62. The van der Waals surface area contributed by atoms with E-state index in [9.17, 15) is 4.79 Å². The van der Waals surface area contributed by atoms with E-state index in [1.54, 1.807) is 26.4 Å². The highest BCUT2D eigenvalue weighted by Crippen LogP contribution is 2.29. The molecule has 1 aromatic rings. The minimum Gasteiger partial charge on any atom is -0.497 e. The second-order valence-electron chi connectivity index (χ2n) is 6.25. The Labute approximate surface area is 132 Å². The average Bonchev–Trinajstić information content (AvgIpc) is 2.45. The number of methoxy groups -OCH3 is 2. The molecule has 1 aliphatic rings. The van der Waals surface area contributed by atoms with Crippen molar-refractivity contribution in [2.24, 2.45) is 11.8 Å². The molecule has 0 unspecified atom stereocenters. The topological polar surface area (TPSA) is 50.8 Å². The molecule has 2 atom stereocenters. The van der Waals surface area contributed by atoms with Crippen LogP contribution in [0.2, 0.25) is 0 Å². The lowest BCUT2D eigenvalue weighted by atomic mass is 9.92. The van der Waals surface area contributed by atoms with E-state index in [1.807, 2.05) is 6.07 Å². The summed E-state index contributed by atoms with van der Waals surface area (Å²) in [5.41, 5.74) is 0.643. The first kappa shape index (κ1) is 16.6. The van der Waals surface area contributed by atoms with Crippen molar-refractivity contribution in [3.05, 3.63) is 18.2 Å². The molecule has 0 saturated carbocycles. The lowest BCUT2D eigenvalue weighted by molar-refractivity contribution is -0.117. The van der Waals surface area contributed by atoms with Gasteiger partial charge in [0.05, 0.1) is 26.5 Å². The summed E-state index contributed by atoms with van der Waals surface area (Å²) in [5.74, 6) is 2.59. The number of hydrogen-bond donors (Lipinski definition) is 1. The summed E-state index contributed by atoms with van der Waals surface area (Å²) in [6.45, 7) is 6.85. The van der Waals surface area contributed by atoms with Gasteiger partial charge < -0.3 is 14.8 Å². The monoisotopic (exact) mass is 306 g/mol. The molecular weight excluding hydrogens is 280 g/mol. The smallest absolute Gasteiger partial charge is 0.238 e. The van der Waals surface area contributed by atoms with Crippen LogP contribution in [0, 0.1) is 11.8 Å². The van der Waals surface area contributed by atoms with E-state index in [4.69, 9.17) is 9.47 Å². The third-order valence-corrected chi connectivity index (χ3v) is 3.99. The lowest BCUT2D eigenvalue weighted by Crippen LogP contribution is -2.42. The minimum atomic E-state index is -0.0205. The van der Waals surface area contributed by atoms with E-state index < -0.39 is 0 Å². The van der Waals surface area contributed by atoms with Gasteiger partial charge in [-0.25, -0.2) is 0 Å². The number of ether oxygens (including phenoxy) is 2. The number of piperidine rings is 1. The molecule has 0 radical (unpaired) electrons. The number of benzene rings is 1. The van der Waals surface area contributed by atoms with E-state index in [0.29, 0.717) is 35.6 Å². The molecule has 1 aromatic carbocycles. The highest BCUT2D eigenvalue weighted by atomic mass is 16.5. The fraction of sp³-hybridized carbons (Fsp3) is 0.588. The molecule has 1 heterocycles. The molecule has 1 N–H and O–H groups in total. The second-order valence-corrected chi connectivity index (χ2v) is 6.25. The van der Waals surface area contributed by atoms with E-state index in [2.05, 4.69) is 24.1 Å². The van der Waals surface area contributed by atoms with Crippen LogP contribution in [0.5, 0.6) is 11.5 Å². The van der Waals surface area contributed by atoms with Crippen LogP contribution in [0.1, 0.15) is 20.3 Å². The van der Waals surface area contributed by atoms with Crippen molar-refractivity contribution in [1.82, 2.24) is 4.90 Å². The molecule has 1 amide bonds. The molecule has 22 heavy (non-hydrogen) atoms. The van der Waals surface area contributed by atoms with Crippen LogP contribution in [0.3, 0.4) is 0 Å². The van der Waals surface area contributed by atoms with E-state index in [0.717, 1.165) is 13.1 Å². The summed E-state index contributed by atoms with van der Waals surface area (Å²) in [5, 5.41) is 2.93. The third kappa shape index (κ3) is 4.37. The molecule has 1 saturated heterocycles. The van der Waals surface area contributed by atoms with Gasteiger partial charge in [0.2, 0.25) is 5.91 Å². The number of likely N-dealkylation sites (tertiary alicyclic amines) is 1. The van der Waals surface area contributed by atoms with Crippen LogP contribution in [-0.2, 0) is 4.79 Å². The maximum absolute atomic E-state index is 12.3. The molecule has 5 heteroatoms. The van der Waals surface area contributed by atoms with Crippen molar-refractivity contribution >= 4 is 11.6 Å². The largest absolute Gasteiger partial charge is 0.497 e. The number of nitrogens with zero attached hydrogens (tertiary/aromatic N) is 1. The van der Waals surface area contributed by atoms with Gasteiger partial charge in [0.25, 0.3) is 0 Å². The summed E-state index contributed by atoms with van der Waals surface area (Å²) in [6.07, 6.45) is 1.24. The predicted molar refractivity (Wildman–Crippen MR) is 87.6 cm³/mol. The number of carbonyl (C=O) groups is 1. The van der Waals surface area contributed by atoms with Crippen LogP contribution in [0.4, 0.5) is 5.69 Å². The summed E-state index contributed by atoms with van der Waals surface area (Å²) < 4.78 is 10.5. The minimum absolute atomic E-state index is 0.0205. The van der Waals surface area contributed by atoms with Gasteiger partial charge in [0.15, 0.2) is 0 Å². The van der Waals surface area contributed by atoms with Crippen molar-refractivity contribution < 1.29 is 14.3 Å². The fourth-order valence-corrected chi connectivity index (χ4v) is 3.23. The van der Waals surface area contributed by atoms with Gasteiger partial charge in [-0.2, -0.15) is 0 Å². The van der Waals surface area contributed by atoms with Crippen molar-refractivity contribution in [1.29, 1.82) is 0 Å². The zero-order chi connectivity index (χ0) is 16.1. The van der Waals surface area contributed by atoms with Crippen molar-refractivity contribution in [3.63, 3.8) is 0 Å². The number of amides is 1. The van der Waals surface area contributed by atoms with Gasteiger partial charge in [-0.15, -0.1) is 0 Å². The number of hydrogen-bond acceptors (Lipinski definition) is 4. The SMILES string of the molecule is COc1ccc(OC)c(NC(=O)CN2C[C@H](C)C[C@@H](C)C2)c1. The Morgan fingerprint density at radius 2 is 1.91 bits per heavy atom. The summed E-state index contributed by atoms with van der Waals surface area (Å²) >= 11 is 0. The molecule has 0 aromatic heterocycles. The summed E-state index contributed by atoms with van der Waals surface area (Å²) in [7, 11) is 3.19. The van der Waals surface area contributed by atoms with Crippen LogP contribution >= 0.6 is 0 Å². The van der Waals surface area contributed by atoms with E-state index >= 15 is 0 Å². The summed E-state index contributed by atoms with van der Waals surface area (Å²) in [6, 6.07) is 5.38. The first-order chi connectivity index (χ1) is 10.5. The van der Waals surface area contributed by atoms with Crippen LogP contribution in [0.15, 0.2) is 18.2 Å². The quantitative estimate of drug-likeness (QED) is 0.908. The van der Waals surface area contributed by atoms with Crippen molar-refractivity contribution in [2.75, 3.05) is 39.2 Å². The van der Waals surface area contributed by atoms with Crippen molar-refractivity contribution in [2.45, 2.75) is 20.3 Å². The van der Waals surface area contributed by atoms with Crippen LogP contribution in [-0.4, -0.2) is 44.7 Å². The average molecular weight is 306 g/mol. The second kappa shape index (κ2) is 7.49. The van der Waals surface area contributed by atoms with Gasteiger partial charge in [0.1, 0.15) is 11.5 Å². The standard InChI is InChI=1S/C17H26N2O3/c1-12-7-13(2)10-19(9-12)11-17(20)18-15-8-14(21-3)5-6-16(15)22-4/h5-6,8,12-13H,7,9-11H2,1-4H3,(H,18,20)/t12-,13-/m1/s1. The Balaban J connectivity index is 1.99. The molecule has 0 bridgehead atoms. The fourth-order valence-electron chi connectivity index (χ4n) is 3.23. The maximum atomic E-state index is 12.3. The zero-order valence-electron chi connectivity index (χ0n) is 13.9. The Morgan fingerprint density at radius 3 is 2.50 bits per heavy atom. The van der Waals surface area contributed by atoms with Crippen LogP contribution in [0.25, 0.3) is 0 Å². The van der Waals surface area contributed by atoms with Gasteiger partial charge in [-0.3, -0.25) is 9.69 Å². The zero-order valence-corrected chi connectivity index (χ0v) is 13.9. The molecule has 1 aliphatic heterocycles. The molecule has 5 nitrogen and oxygen atoms in total. The number of carbonyl (C=O) groups excluding carboxylic acids is 1. The molecule has 0 spiro atoms. The van der Waals surface area contributed by atoms with Crippen molar-refractivity contribution in [3.8, 4) is 11.5 Å². The Bertz CT molecular complexity index is 509. The molecular formula is C17H26N2O3. The molecule has 0 aliphatic carbocycles. The van der Waals surface area contributed by atoms with E-state index in [-0.39, 0.29) is 5.91 Å². The molecule has 2 rings (SSSR count). The highest BCUT2D eigenvalue weighted by molar-refractivity contribution is 5.94. The number of rotatable bonds is 5. The summed E-state index contributed by atoms with van der Waals surface area (Å²) in [4.78, 5) is 14.5. The normalized spacial score (nSPS) is 22.2. The lowest BCUT2D eigenvalue weighted by Gasteiger charge is -2.34. The van der Waals surface area contributed by atoms with Gasteiger partial charge in [0, 0.05) is 19.2 Å². The molecule has 122 valence electrons. The highest BCUT2D eigenvalue weighted by Gasteiger charge is 2.23. The van der Waals surface area contributed by atoms with Gasteiger partial charge in [-0.05, 0) is 30.4 Å². The first-order valence-corrected chi connectivity index (χ1v) is 7.76.